The van der Waals surface area contributed by atoms with Crippen LogP contribution in [0, 0.1) is 19.8 Å². The minimum Gasteiger partial charge on any atom is -0.383 e. The monoisotopic (exact) mass is 262 g/mol. The first-order chi connectivity index (χ1) is 9.08. The van der Waals surface area contributed by atoms with Crippen molar-refractivity contribution in [3.8, 4) is 0 Å². The van der Waals surface area contributed by atoms with E-state index >= 15 is 0 Å². The molecule has 0 radical (unpaired) electrons. The number of likely N-dealkylation sites (tertiary alicyclic amines) is 1. The molecule has 0 aromatic carbocycles. The van der Waals surface area contributed by atoms with Crippen molar-refractivity contribution in [2.24, 2.45) is 5.92 Å². The first-order valence-corrected chi connectivity index (χ1v) is 6.79. The van der Waals surface area contributed by atoms with Gasteiger partial charge in [-0.3, -0.25) is 9.78 Å². The van der Waals surface area contributed by atoms with Crippen molar-refractivity contribution in [3.63, 3.8) is 0 Å². The van der Waals surface area contributed by atoms with Gasteiger partial charge in [-0.25, -0.2) is 0 Å². The molecule has 2 rings (SSSR count). The standard InChI is InChI=1S/C15H22N2O2/c1-11-6-12(2)16-14(7-11)8-13-9-15(18)17(10-13)4-5-19-3/h6-7,13H,4-5,8-10H2,1-3H3. The molecular formula is C15H22N2O2. The van der Waals surface area contributed by atoms with E-state index in [2.05, 4.69) is 24.0 Å². The lowest BCUT2D eigenvalue weighted by molar-refractivity contribution is -0.128. The summed E-state index contributed by atoms with van der Waals surface area (Å²) in [6.45, 7) is 6.24. The molecule has 1 aromatic heterocycles. The van der Waals surface area contributed by atoms with Gasteiger partial charge in [0.1, 0.15) is 0 Å². The van der Waals surface area contributed by atoms with E-state index in [4.69, 9.17) is 4.74 Å². The molecule has 2 heterocycles. The van der Waals surface area contributed by atoms with Crippen LogP contribution in [0.2, 0.25) is 0 Å². The lowest BCUT2D eigenvalue weighted by atomic mass is 10.0. The molecule has 0 N–H and O–H groups in total. The summed E-state index contributed by atoms with van der Waals surface area (Å²) in [7, 11) is 1.66. The molecule has 4 nitrogen and oxygen atoms in total. The van der Waals surface area contributed by atoms with E-state index in [-0.39, 0.29) is 5.91 Å². The average Bonchev–Trinajstić information content (AvgIpc) is 2.65. The number of aromatic nitrogens is 1. The van der Waals surface area contributed by atoms with Crippen LogP contribution in [0.1, 0.15) is 23.4 Å². The predicted molar refractivity (Wildman–Crippen MR) is 74.0 cm³/mol. The Balaban J connectivity index is 1.95. The van der Waals surface area contributed by atoms with Crippen LogP contribution in [0.4, 0.5) is 0 Å². The highest BCUT2D eigenvalue weighted by Gasteiger charge is 2.29. The van der Waals surface area contributed by atoms with Gasteiger partial charge in [0.05, 0.1) is 6.61 Å². The third kappa shape index (κ3) is 3.77. The van der Waals surface area contributed by atoms with Crippen LogP contribution in [0.5, 0.6) is 0 Å². The molecule has 1 amide bonds. The van der Waals surface area contributed by atoms with Crippen molar-refractivity contribution in [2.45, 2.75) is 26.7 Å². The Morgan fingerprint density at radius 1 is 1.42 bits per heavy atom. The van der Waals surface area contributed by atoms with Crippen LogP contribution in [-0.2, 0) is 16.0 Å². The highest BCUT2D eigenvalue weighted by atomic mass is 16.5. The highest BCUT2D eigenvalue weighted by Crippen LogP contribution is 2.21. The second-order valence-corrected chi connectivity index (χ2v) is 5.38. The molecule has 104 valence electrons. The Hall–Kier alpha value is -1.42. The van der Waals surface area contributed by atoms with Crippen molar-refractivity contribution < 1.29 is 9.53 Å². The van der Waals surface area contributed by atoms with Crippen LogP contribution in [0.15, 0.2) is 12.1 Å². The van der Waals surface area contributed by atoms with Crippen LogP contribution in [0.25, 0.3) is 0 Å². The molecule has 1 aromatic rings. The normalized spacial score (nSPS) is 19.2. The van der Waals surface area contributed by atoms with Crippen molar-refractivity contribution in [1.82, 2.24) is 9.88 Å². The summed E-state index contributed by atoms with van der Waals surface area (Å²) >= 11 is 0. The zero-order chi connectivity index (χ0) is 13.8. The number of carbonyl (C=O) groups is 1. The zero-order valence-electron chi connectivity index (χ0n) is 12.0. The zero-order valence-corrected chi connectivity index (χ0v) is 12.0. The maximum absolute atomic E-state index is 11.9. The summed E-state index contributed by atoms with van der Waals surface area (Å²) in [6.07, 6.45) is 1.52. The van der Waals surface area contributed by atoms with Gasteiger partial charge in [-0.05, 0) is 43.9 Å². The van der Waals surface area contributed by atoms with E-state index in [9.17, 15) is 4.79 Å². The summed E-state index contributed by atoms with van der Waals surface area (Å²) in [5, 5.41) is 0. The number of aryl methyl sites for hydroxylation is 2. The number of pyridine rings is 1. The molecule has 1 saturated heterocycles. The Labute approximate surface area is 114 Å². The van der Waals surface area contributed by atoms with Gasteiger partial charge in [0, 0.05) is 38.0 Å². The van der Waals surface area contributed by atoms with Gasteiger partial charge in [0.2, 0.25) is 5.91 Å². The Morgan fingerprint density at radius 3 is 2.89 bits per heavy atom. The number of methoxy groups -OCH3 is 1. The second kappa shape index (κ2) is 6.15. The predicted octanol–water partition coefficient (Wildman–Crippen LogP) is 1.74. The van der Waals surface area contributed by atoms with Gasteiger partial charge in [-0.1, -0.05) is 0 Å². The van der Waals surface area contributed by atoms with Crippen LogP contribution in [-0.4, -0.2) is 42.6 Å². The Kier molecular flexibility index (Phi) is 4.53. The molecule has 0 spiro atoms. The average molecular weight is 262 g/mol. The molecule has 19 heavy (non-hydrogen) atoms. The number of nitrogens with zero attached hydrogens (tertiary/aromatic N) is 2. The summed E-state index contributed by atoms with van der Waals surface area (Å²) in [6, 6.07) is 4.20. The number of rotatable bonds is 5. The van der Waals surface area contributed by atoms with Gasteiger partial charge < -0.3 is 9.64 Å². The number of hydrogen-bond donors (Lipinski definition) is 0. The minimum atomic E-state index is 0.242. The number of ether oxygens (including phenoxy) is 1. The lowest BCUT2D eigenvalue weighted by Gasteiger charge is -2.16. The van der Waals surface area contributed by atoms with Gasteiger partial charge in [0.15, 0.2) is 0 Å². The molecule has 0 bridgehead atoms. The quantitative estimate of drug-likeness (QED) is 0.811. The fraction of sp³-hybridized carbons (Fsp3) is 0.600. The number of carbonyl (C=O) groups excluding carboxylic acids is 1. The number of amides is 1. The van der Waals surface area contributed by atoms with Crippen LogP contribution >= 0.6 is 0 Å². The van der Waals surface area contributed by atoms with Gasteiger partial charge in [0.25, 0.3) is 0 Å². The molecule has 0 saturated carbocycles. The van der Waals surface area contributed by atoms with E-state index in [0.717, 1.165) is 24.4 Å². The molecule has 4 heteroatoms. The third-order valence-electron chi connectivity index (χ3n) is 3.51. The summed E-state index contributed by atoms with van der Waals surface area (Å²) in [4.78, 5) is 18.3. The maximum Gasteiger partial charge on any atom is 0.223 e. The fourth-order valence-corrected chi connectivity index (χ4v) is 2.73. The molecule has 1 aliphatic heterocycles. The van der Waals surface area contributed by atoms with Crippen molar-refractivity contribution in [1.29, 1.82) is 0 Å². The largest absolute Gasteiger partial charge is 0.383 e. The SMILES string of the molecule is COCCN1CC(Cc2cc(C)cc(C)n2)CC1=O. The topological polar surface area (TPSA) is 42.4 Å². The summed E-state index contributed by atoms with van der Waals surface area (Å²) < 4.78 is 5.03. The molecule has 1 aliphatic rings. The minimum absolute atomic E-state index is 0.242. The Bertz CT molecular complexity index is 439. The van der Waals surface area contributed by atoms with E-state index in [1.807, 2.05) is 11.8 Å². The summed E-state index contributed by atoms with van der Waals surface area (Å²) in [5.41, 5.74) is 3.39. The molecule has 0 aliphatic carbocycles. The number of hydrogen-bond acceptors (Lipinski definition) is 3. The van der Waals surface area contributed by atoms with E-state index in [1.165, 1.54) is 5.56 Å². The fourth-order valence-electron chi connectivity index (χ4n) is 2.73. The lowest BCUT2D eigenvalue weighted by Crippen LogP contribution is -2.29. The van der Waals surface area contributed by atoms with E-state index < -0.39 is 0 Å². The van der Waals surface area contributed by atoms with Crippen LogP contribution in [0.3, 0.4) is 0 Å². The van der Waals surface area contributed by atoms with Crippen molar-refractivity contribution >= 4 is 5.91 Å². The molecule has 1 fully saturated rings. The van der Waals surface area contributed by atoms with Gasteiger partial charge in [-0.2, -0.15) is 0 Å². The molecular weight excluding hydrogens is 240 g/mol. The maximum atomic E-state index is 11.9. The first-order valence-electron chi connectivity index (χ1n) is 6.79. The van der Waals surface area contributed by atoms with Gasteiger partial charge in [-0.15, -0.1) is 0 Å². The molecule has 1 atom stereocenters. The van der Waals surface area contributed by atoms with E-state index in [1.54, 1.807) is 7.11 Å². The van der Waals surface area contributed by atoms with Gasteiger partial charge >= 0.3 is 0 Å². The van der Waals surface area contributed by atoms with Crippen molar-refractivity contribution in [2.75, 3.05) is 26.8 Å². The Morgan fingerprint density at radius 2 is 2.21 bits per heavy atom. The third-order valence-corrected chi connectivity index (χ3v) is 3.51. The highest BCUT2D eigenvalue weighted by molar-refractivity contribution is 5.78. The van der Waals surface area contributed by atoms with Crippen molar-refractivity contribution in [3.05, 3.63) is 29.1 Å². The van der Waals surface area contributed by atoms with Crippen LogP contribution < -0.4 is 0 Å². The second-order valence-electron chi connectivity index (χ2n) is 5.38. The molecule has 1 unspecified atom stereocenters. The van der Waals surface area contributed by atoms with E-state index in [0.29, 0.717) is 25.5 Å². The summed E-state index contributed by atoms with van der Waals surface area (Å²) in [5.74, 6) is 0.629. The first kappa shape index (κ1) is 14.0. The smallest absolute Gasteiger partial charge is 0.223 e.